The van der Waals surface area contributed by atoms with Gasteiger partial charge in [0.2, 0.25) is 11.8 Å². The van der Waals surface area contributed by atoms with Crippen LogP contribution in [0.4, 0.5) is 0 Å². The number of benzene rings is 4. The van der Waals surface area contributed by atoms with Crippen molar-refractivity contribution in [3.05, 3.63) is 142 Å². The summed E-state index contributed by atoms with van der Waals surface area (Å²) < 4.78 is 11.1. The maximum absolute atomic E-state index is 13.9. The van der Waals surface area contributed by atoms with E-state index in [1.807, 2.05) is 34.3 Å². The lowest BCUT2D eigenvalue weighted by Gasteiger charge is -2.28. The molecule has 11 rings (SSSR count). The number of fused-ring (bicyclic) bond motifs is 3. The van der Waals surface area contributed by atoms with Crippen LogP contribution in [0.5, 0.6) is 0 Å². The van der Waals surface area contributed by atoms with Crippen LogP contribution < -0.4 is 0 Å². The van der Waals surface area contributed by atoms with Crippen LogP contribution >= 0.6 is 0 Å². The molecule has 2 atom stereocenters. The first-order valence-corrected chi connectivity index (χ1v) is 23.7. The molecule has 2 N–H and O–H groups in total. The molecule has 4 fully saturated rings. The van der Waals surface area contributed by atoms with Crippen molar-refractivity contribution in [1.29, 1.82) is 0 Å². The second-order valence-corrected chi connectivity index (χ2v) is 18.4. The average molecular weight is 871 g/mol. The number of likely N-dealkylation sites (tertiary alicyclic amines) is 2. The van der Waals surface area contributed by atoms with Crippen molar-refractivity contribution in [2.24, 2.45) is 0 Å². The molecule has 4 aromatic carbocycles. The Morgan fingerprint density at radius 1 is 0.554 bits per heavy atom. The Kier molecular flexibility index (Phi) is 11.9. The van der Waals surface area contributed by atoms with Crippen LogP contribution in [0.3, 0.4) is 0 Å². The van der Waals surface area contributed by atoms with Gasteiger partial charge in [0, 0.05) is 52.4 Å². The third-order valence-corrected chi connectivity index (χ3v) is 14.4. The molecule has 65 heavy (non-hydrogen) atoms. The van der Waals surface area contributed by atoms with Crippen LogP contribution in [0.1, 0.15) is 82.8 Å². The number of hydrogen-bond donors (Lipinski definition) is 2. The fraction of sp³-hybridized carbons (Fsp3) is 0.396. The molecule has 1 aliphatic carbocycles. The van der Waals surface area contributed by atoms with Crippen LogP contribution in [0.15, 0.2) is 97.3 Å². The van der Waals surface area contributed by atoms with Gasteiger partial charge >= 0.3 is 0 Å². The number of aromatic amines is 2. The van der Waals surface area contributed by atoms with Gasteiger partial charge in [-0.05, 0) is 99.9 Å². The van der Waals surface area contributed by atoms with Gasteiger partial charge in [-0.1, -0.05) is 72.8 Å². The second-order valence-electron chi connectivity index (χ2n) is 18.4. The summed E-state index contributed by atoms with van der Waals surface area (Å²) in [6, 6.07) is 30.0. The van der Waals surface area contributed by atoms with Gasteiger partial charge in [0.25, 0.3) is 0 Å². The van der Waals surface area contributed by atoms with Crippen LogP contribution in [-0.4, -0.2) is 117 Å². The summed E-state index contributed by atoms with van der Waals surface area (Å²) >= 11 is 0. The first-order chi connectivity index (χ1) is 32.0. The molecule has 4 aliphatic heterocycles. The Balaban J connectivity index is 0.739. The Labute approximate surface area is 381 Å². The fourth-order valence-electron chi connectivity index (χ4n) is 10.8. The van der Waals surface area contributed by atoms with Crippen LogP contribution in [0, 0.1) is 0 Å². The number of morpholine rings is 2. The Hall–Kier alpha value is -5.92. The van der Waals surface area contributed by atoms with E-state index in [-0.39, 0.29) is 23.9 Å². The molecular formula is C53H58N8O4. The molecule has 334 valence electrons. The molecule has 2 amide bonds. The third-order valence-electron chi connectivity index (χ3n) is 14.4. The summed E-state index contributed by atoms with van der Waals surface area (Å²) in [4.78, 5) is 53.7. The molecule has 6 heterocycles. The van der Waals surface area contributed by atoms with Crippen molar-refractivity contribution < 1.29 is 19.1 Å². The highest BCUT2D eigenvalue weighted by Crippen LogP contribution is 2.41. The third kappa shape index (κ3) is 8.80. The zero-order valence-electron chi connectivity index (χ0n) is 37.1. The molecule has 2 aromatic heterocycles. The standard InChI is InChI=1S/C53H58N8O4/c62-50(30-36-7-1-3-9-40(36)34-58-19-23-64-24-20-58)60-17-5-11-48(60)52-54-32-46(56-52)38-13-15-44-42(27-38)29-43-28-39(14-16-45(43)44)47-33-55-53(57-47)49-12-6-18-61(49)51(63)31-37-8-2-4-10-41(37)35-59-21-25-65-26-22-59/h1-4,7-10,13-16,27-28,32-33,48-49H,5-6,11-12,17-26,29-31,34-35H2,(H,54,56)(H,55,57)/t48-,49-/m1/s1. The molecular weight excluding hydrogens is 813 g/mol. The zero-order chi connectivity index (χ0) is 43.7. The van der Waals surface area contributed by atoms with Crippen molar-refractivity contribution in [2.75, 3.05) is 65.7 Å². The van der Waals surface area contributed by atoms with Crippen LogP contribution in [0.2, 0.25) is 0 Å². The van der Waals surface area contributed by atoms with E-state index in [1.165, 1.54) is 33.4 Å². The van der Waals surface area contributed by atoms with E-state index in [0.29, 0.717) is 12.8 Å². The molecule has 5 aliphatic rings. The lowest BCUT2D eigenvalue weighted by atomic mass is 10.0. The largest absolute Gasteiger partial charge is 0.379 e. The van der Waals surface area contributed by atoms with Crippen LogP contribution in [0.25, 0.3) is 33.6 Å². The first-order valence-electron chi connectivity index (χ1n) is 23.7. The highest BCUT2D eigenvalue weighted by molar-refractivity contribution is 5.83. The number of amides is 2. The summed E-state index contributed by atoms with van der Waals surface area (Å²) in [7, 11) is 0. The maximum Gasteiger partial charge on any atom is 0.227 e. The quantitative estimate of drug-likeness (QED) is 0.129. The van der Waals surface area contributed by atoms with E-state index < -0.39 is 0 Å². The number of carbonyl (C=O) groups is 2. The Bertz CT molecular complexity index is 2500. The van der Waals surface area contributed by atoms with Gasteiger partial charge in [-0.2, -0.15) is 0 Å². The molecule has 4 saturated heterocycles. The normalized spacial score (nSPS) is 20.1. The summed E-state index contributed by atoms with van der Waals surface area (Å²) in [5.41, 5.74) is 13.9. The minimum absolute atomic E-state index is 0.0618. The predicted molar refractivity (Wildman–Crippen MR) is 250 cm³/mol. The monoisotopic (exact) mass is 870 g/mol. The van der Waals surface area contributed by atoms with E-state index in [4.69, 9.17) is 19.4 Å². The molecule has 12 nitrogen and oxygen atoms in total. The number of aromatic nitrogens is 4. The number of carbonyl (C=O) groups excluding carboxylic acids is 2. The van der Waals surface area contributed by atoms with E-state index in [9.17, 15) is 9.59 Å². The first kappa shape index (κ1) is 41.8. The van der Waals surface area contributed by atoms with Gasteiger partial charge in [0.15, 0.2) is 0 Å². The highest BCUT2D eigenvalue weighted by Gasteiger charge is 2.34. The van der Waals surface area contributed by atoms with E-state index in [0.717, 1.165) is 156 Å². The van der Waals surface area contributed by atoms with Gasteiger partial charge in [-0.15, -0.1) is 0 Å². The van der Waals surface area contributed by atoms with Crippen molar-refractivity contribution in [3.63, 3.8) is 0 Å². The average Bonchev–Trinajstić information content (AvgIpc) is 4.20. The van der Waals surface area contributed by atoms with E-state index >= 15 is 0 Å². The smallest absolute Gasteiger partial charge is 0.227 e. The topological polar surface area (TPSA) is 123 Å². The summed E-state index contributed by atoms with van der Waals surface area (Å²) in [6.45, 7) is 9.88. The SMILES string of the molecule is O=C(Cc1ccccc1CN1CCOCC1)N1CCC[C@@H]1c1ncc(-c2ccc3c(c2)Cc2cc(-c4cnc([C@H]5CCCN5C(=O)Cc5ccccc5CN5CCOCC5)[nH]4)ccc2-3)[nH]1. The van der Waals surface area contributed by atoms with Gasteiger partial charge < -0.3 is 29.2 Å². The summed E-state index contributed by atoms with van der Waals surface area (Å²) in [5, 5.41) is 0. The molecule has 12 heteroatoms. The molecule has 0 saturated carbocycles. The number of nitrogens with zero attached hydrogens (tertiary/aromatic N) is 6. The molecule has 0 spiro atoms. The number of ether oxygens (including phenoxy) is 2. The van der Waals surface area contributed by atoms with Crippen molar-refractivity contribution in [1.82, 2.24) is 39.5 Å². The number of hydrogen-bond acceptors (Lipinski definition) is 8. The van der Waals surface area contributed by atoms with Crippen molar-refractivity contribution in [3.8, 4) is 33.6 Å². The van der Waals surface area contributed by atoms with Gasteiger partial charge in [-0.3, -0.25) is 19.4 Å². The molecule has 6 aromatic rings. The Morgan fingerprint density at radius 2 is 0.985 bits per heavy atom. The highest BCUT2D eigenvalue weighted by atomic mass is 16.5. The number of nitrogens with one attached hydrogen (secondary N) is 2. The molecule has 0 unspecified atom stereocenters. The maximum atomic E-state index is 13.9. The predicted octanol–water partition coefficient (Wildman–Crippen LogP) is 7.51. The summed E-state index contributed by atoms with van der Waals surface area (Å²) in [6.07, 6.45) is 9.21. The lowest BCUT2D eigenvalue weighted by Crippen LogP contribution is -2.36. The number of rotatable bonds is 12. The van der Waals surface area contributed by atoms with Crippen LogP contribution in [-0.2, 0) is 51.4 Å². The van der Waals surface area contributed by atoms with Gasteiger partial charge in [-0.25, -0.2) is 9.97 Å². The van der Waals surface area contributed by atoms with Gasteiger partial charge in [0.05, 0.1) is 75.1 Å². The van der Waals surface area contributed by atoms with E-state index in [2.05, 4.69) is 92.6 Å². The number of H-pyrrole nitrogens is 2. The number of imidazole rings is 2. The van der Waals surface area contributed by atoms with Gasteiger partial charge in [0.1, 0.15) is 11.6 Å². The van der Waals surface area contributed by atoms with Crippen molar-refractivity contribution >= 4 is 11.8 Å². The minimum atomic E-state index is -0.0618. The van der Waals surface area contributed by atoms with Crippen molar-refractivity contribution in [2.45, 2.75) is 70.1 Å². The van der Waals surface area contributed by atoms with E-state index in [1.54, 1.807) is 0 Å². The molecule has 0 radical (unpaired) electrons. The molecule has 0 bridgehead atoms. The summed E-state index contributed by atoms with van der Waals surface area (Å²) in [5.74, 6) is 2.03. The Morgan fingerprint density at radius 3 is 1.43 bits per heavy atom. The fourth-order valence-corrected chi connectivity index (χ4v) is 10.8. The zero-order valence-corrected chi connectivity index (χ0v) is 37.1. The minimum Gasteiger partial charge on any atom is -0.379 e. The lowest BCUT2D eigenvalue weighted by molar-refractivity contribution is -0.132. The second kappa shape index (κ2) is 18.5.